The number of thioether (sulfide) groups is 1. The Hall–Kier alpha value is -2.21. The Labute approximate surface area is 139 Å². The van der Waals surface area contributed by atoms with Gasteiger partial charge in [-0.3, -0.25) is 4.79 Å². The number of aryl methyl sites for hydroxylation is 1. The van der Waals surface area contributed by atoms with Crippen LogP contribution < -0.4 is 5.32 Å². The topological polar surface area (TPSA) is 79.5 Å². The molecule has 0 fully saturated rings. The lowest BCUT2D eigenvalue weighted by atomic mass is 10.1. The van der Waals surface area contributed by atoms with E-state index in [4.69, 9.17) is 4.42 Å². The zero-order valence-corrected chi connectivity index (χ0v) is 13.9. The first-order valence-electron chi connectivity index (χ1n) is 7.21. The molecule has 1 aromatic carbocycles. The Bertz CT molecular complexity index is 681. The van der Waals surface area contributed by atoms with Crippen molar-refractivity contribution in [2.24, 2.45) is 0 Å². The average Bonchev–Trinajstić information content (AvgIpc) is 2.94. The molecule has 2 N–H and O–H groups in total. The summed E-state index contributed by atoms with van der Waals surface area (Å²) in [5.41, 5.74) is 1.23. The van der Waals surface area contributed by atoms with E-state index >= 15 is 0 Å². The van der Waals surface area contributed by atoms with Gasteiger partial charge in [0.15, 0.2) is 0 Å². The van der Waals surface area contributed by atoms with Crippen LogP contribution in [0.2, 0.25) is 0 Å². The molecule has 6 heteroatoms. The molecule has 0 aliphatic rings. The number of hydrogen-bond donors (Lipinski definition) is 2. The number of carbonyl (C=O) groups is 2. The summed E-state index contributed by atoms with van der Waals surface area (Å²) < 4.78 is 5.63. The fraction of sp³-hybridized carbons (Fsp3) is 0.294. The van der Waals surface area contributed by atoms with E-state index in [1.807, 2.05) is 36.6 Å². The molecule has 1 heterocycles. The lowest BCUT2D eigenvalue weighted by Crippen LogP contribution is -2.41. The number of nitrogens with one attached hydrogen (secondary N) is 1. The Kier molecular flexibility index (Phi) is 5.87. The third kappa shape index (κ3) is 4.39. The van der Waals surface area contributed by atoms with Gasteiger partial charge in [-0.15, -0.1) is 0 Å². The van der Waals surface area contributed by atoms with Crippen molar-refractivity contribution in [3.8, 4) is 11.3 Å². The SMILES string of the molecule is CSCC[C@H](NC(=O)c1cc(-c2ccccc2)oc1C)C(=O)O. The Morgan fingerprint density at radius 3 is 2.61 bits per heavy atom. The summed E-state index contributed by atoms with van der Waals surface area (Å²) in [6.07, 6.45) is 2.28. The molecule has 122 valence electrons. The molecule has 1 atom stereocenters. The van der Waals surface area contributed by atoms with Crippen LogP contribution in [0, 0.1) is 6.92 Å². The smallest absolute Gasteiger partial charge is 0.326 e. The molecule has 1 amide bonds. The van der Waals surface area contributed by atoms with E-state index in [1.54, 1.807) is 24.8 Å². The number of carboxylic acid groups (broad SMARTS) is 1. The van der Waals surface area contributed by atoms with Gasteiger partial charge in [-0.25, -0.2) is 4.79 Å². The standard InChI is InChI=1S/C17H19NO4S/c1-11-13(10-15(22-11)12-6-4-3-5-7-12)16(19)18-14(17(20)21)8-9-23-2/h3-7,10,14H,8-9H2,1-2H3,(H,18,19)(H,20,21)/t14-/m0/s1. The highest BCUT2D eigenvalue weighted by molar-refractivity contribution is 7.98. The molecule has 0 saturated heterocycles. The summed E-state index contributed by atoms with van der Waals surface area (Å²) in [6.45, 7) is 1.69. The first-order chi connectivity index (χ1) is 11.0. The molecule has 23 heavy (non-hydrogen) atoms. The molecular weight excluding hydrogens is 314 g/mol. The largest absolute Gasteiger partial charge is 0.480 e. The van der Waals surface area contributed by atoms with Gasteiger partial charge in [0, 0.05) is 5.56 Å². The summed E-state index contributed by atoms with van der Waals surface area (Å²) in [4.78, 5) is 23.6. The van der Waals surface area contributed by atoms with Crippen molar-refractivity contribution in [3.05, 3.63) is 47.7 Å². The predicted molar refractivity (Wildman–Crippen MR) is 90.8 cm³/mol. The summed E-state index contributed by atoms with van der Waals surface area (Å²) in [5, 5.41) is 11.8. The van der Waals surface area contributed by atoms with E-state index in [-0.39, 0.29) is 0 Å². The predicted octanol–water partition coefficient (Wildman–Crippen LogP) is 3.19. The van der Waals surface area contributed by atoms with E-state index in [9.17, 15) is 14.7 Å². The second kappa shape index (κ2) is 7.87. The lowest BCUT2D eigenvalue weighted by molar-refractivity contribution is -0.139. The molecule has 0 aliphatic heterocycles. The van der Waals surface area contributed by atoms with Gasteiger partial charge in [0.1, 0.15) is 17.6 Å². The van der Waals surface area contributed by atoms with Crippen LogP contribution in [0.4, 0.5) is 0 Å². The number of rotatable bonds is 7. The van der Waals surface area contributed by atoms with E-state index in [0.717, 1.165) is 5.56 Å². The number of benzene rings is 1. The number of carbonyl (C=O) groups excluding carboxylic acids is 1. The highest BCUT2D eigenvalue weighted by atomic mass is 32.2. The van der Waals surface area contributed by atoms with Crippen molar-refractivity contribution in [2.75, 3.05) is 12.0 Å². The van der Waals surface area contributed by atoms with Crippen LogP contribution in [-0.4, -0.2) is 35.0 Å². The second-order valence-corrected chi connectivity index (χ2v) is 6.08. The molecule has 0 bridgehead atoms. The summed E-state index contributed by atoms with van der Waals surface area (Å²) >= 11 is 1.54. The monoisotopic (exact) mass is 333 g/mol. The van der Waals surface area contributed by atoms with Crippen LogP contribution in [0.1, 0.15) is 22.5 Å². The van der Waals surface area contributed by atoms with Gasteiger partial charge in [0.05, 0.1) is 5.56 Å². The summed E-state index contributed by atoms with van der Waals surface area (Å²) in [6, 6.07) is 10.2. The maximum atomic E-state index is 12.3. The van der Waals surface area contributed by atoms with Crippen molar-refractivity contribution in [2.45, 2.75) is 19.4 Å². The molecule has 0 unspecified atom stereocenters. The van der Waals surface area contributed by atoms with Crippen molar-refractivity contribution in [1.29, 1.82) is 0 Å². The third-order valence-corrected chi connectivity index (χ3v) is 4.08. The quantitative estimate of drug-likeness (QED) is 0.813. The molecule has 2 aromatic rings. The molecule has 0 aliphatic carbocycles. The van der Waals surface area contributed by atoms with E-state index in [0.29, 0.717) is 29.3 Å². The Balaban J connectivity index is 2.16. The van der Waals surface area contributed by atoms with Gasteiger partial charge in [-0.05, 0) is 31.4 Å². The van der Waals surface area contributed by atoms with Crippen molar-refractivity contribution in [1.82, 2.24) is 5.32 Å². The molecule has 2 rings (SSSR count). The molecule has 5 nitrogen and oxygen atoms in total. The zero-order chi connectivity index (χ0) is 16.8. The minimum atomic E-state index is -1.03. The van der Waals surface area contributed by atoms with Gasteiger partial charge in [-0.1, -0.05) is 30.3 Å². The number of amides is 1. The third-order valence-electron chi connectivity index (χ3n) is 3.43. The summed E-state index contributed by atoms with van der Waals surface area (Å²) in [5.74, 6) is 0.259. The molecule has 1 aromatic heterocycles. The van der Waals surface area contributed by atoms with Gasteiger partial charge in [0.2, 0.25) is 0 Å². The van der Waals surface area contributed by atoms with Crippen molar-refractivity contribution >= 4 is 23.6 Å². The van der Waals surface area contributed by atoms with Gasteiger partial charge in [0.25, 0.3) is 5.91 Å². The van der Waals surface area contributed by atoms with Gasteiger partial charge >= 0.3 is 5.97 Å². The van der Waals surface area contributed by atoms with Crippen LogP contribution >= 0.6 is 11.8 Å². The normalized spacial score (nSPS) is 11.9. The van der Waals surface area contributed by atoms with Crippen molar-refractivity contribution in [3.63, 3.8) is 0 Å². The fourth-order valence-corrected chi connectivity index (χ4v) is 2.65. The number of hydrogen-bond acceptors (Lipinski definition) is 4. The molecule has 0 spiro atoms. The molecule has 0 saturated carbocycles. The van der Waals surface area contributed by atoms with Crippen LogP contribution in [0.15, 0.2) is 40.8 Å². The van der Waals surface area contributed by atoms with Crippen LogP contribution in [0.25, 0.3) is 11.3 Å². The average molecular weight is 333 g/mol. The highest BCUT2D eigenvalue weighted by Crippen LogP contribution is 2.25. The van der Waals surface area contributed by atoms with Crippen molar-refractivity contribution < 1.29 is 19.1 Å². The Morgan fingerprint density at radius 1 is 1.30 bits per heavy atom. The van der Waals surface area contributed by atoms with Crippen LogP contribution in [-0.2, 0) is 4.79 Å². The zero-order valence-electron chi connectivity index (χ0n) is 13.0. The molecular formula is C17H19NO4S. The van der Waals surface area contributed by atoms with E-state index in [2.05, 4.69) is 5.32 Å². The number of furan rings is 1. The maximum absolute atomic E-state index is 12.3. The van der Waals surface area contributed by atoms with E-state index < -0.39 is 17.9 Å². The minimum Gasteiger partial charge on any atom is -0.480 e. The highest BCUT2D eigenvalue weighted by Gasteiger charge is 2.23. The first kappa shape index (κ1) is 17.1. The number of carboxylic acids is 1. The lowest BCUT2D eigenvalue weighted by Gasteiger charge is -2.13. The fourth-order valence-electron chi connectivity index (χ4n) is 2.18. The summed E-state index contributed by atoms with van der Waals surface area (Å²) in [7, 11) is 0. The maximum Gasteiger partial charge on any atom is 0.326 e. The van der Waals surface area contributed by atoms with Gasteiger partial charge < -0.3 is 14.8 Å². The number of aliphatic carboxylic acids is 1. The Morgan fingerprint density at radius 2 is 2.00 bits per heavy atom. The second-order valence-electron chi connectivity index (χ2n) is 5.09. The molecule has 0 radical (unpaired) electrons. The van der Waals surface area contributed by atoms with Crippen LogP contribution in [0.3, 0.4) is 0 Å². The first-order valence-corrected chi connectivity index (χ1v) is 8.60. The van der Waals surface area contributed by atoms with Crippen LogP contribution in [0.5, 0.6) is 0 Å². The minimum absolute atomic E-state index is 0.360. The van der Waals surface area contributed by atoms with Gasteiger partial charge in [-0.2, -0.15) is 11.8 Å². The van der Waals surface area contributed by atoms with E-state index in [1.165, 1.54) is 0 Å².